The molecule has 1 aliphatic heterocycles. The first-order chi connectivity index (χ1) is 6.36. The van der Waals surface area contributed by atoms with Crippen LogP contribution in [-0.2, 0) is 0 Å². The molecule has 0 aromatic rings. The molecule has 0 spiro atoms. The number of aliphatic imine (C=N–C) groups is 1. The molecule has 74 valence electrons. The van der Waals surface area contributed by atoms with Crippen LogP contribution in [0.25, 0.3) is 0 Å². The Bertz CT molecular complexity index is 192. The predicted octanol–water partition coefficient (Wildman–Crippen LogP) is 2.44. The first-order valence-electron chi connectivity index (χ1n) is 5.64. The Kier molecular flexibility index (Phi) is 2.87. The van der Waals surface area contributed by atoms with Crippen LogP contribution in [0.1, 0.15) is 44.9 Å². The summed E-state index contributed by atoms with van der Waals surface area (Å²) in [6.07, 6.45) is 9.40. The molecule has 1 aliphatic carbocycles. The van der Waals surface area contributed by atoms with Gasteiger partial charge < -0.3 is 4.90 Å². The van der Waals surface area contributed by atoms with Crippen molar-refractivity contribution in [2.45, 2.75) is 51.0 Å². The van der Waals surface area contributed by atoms with Gasteiger partial charge in [-0.25, -0.2) is 0 Å². The number of hydrogen-bond acceptors (Lipinski definition) is 1. The fraction of sp³-hybridized carbons (Fsp3) is 0.909. The fourth-order valence-electron chi connectivity index (χ4n) is 2.38. The molecule has 0 unspecified atom stereocenters. The van der Waals surface area contributed by atoms with Gasteiger partial charge in [-0.1, -0.05) is 19.3 Å². The van der Waals surface area contributed by atoms with E-state index in [1.54, 1.807) is 0 Å². The third-order valence-corrected chi connectivity index (χ3v) is 3.24. The number of nitrogens with zero attached hydrogens (tertiary/aromatic N) is 2. The molecule has 1 saturated heterocycles. The van der Waals surface area contributed by atoms with Gasteiger partial charge in [0.1, 0.15) is 0 Å². The minimum absolute atomic E-state index is 0.657. The van der Waals surface area contributed by atoms with Gasteiger partial charge in [-0.3, -0.25) is 4.99 Å². The molecular formula is C11H20N2. The normalized spacial score (nSPS) is 28.7. The monoisotopic (exact) mass is 180 g/mol. The summed E-state index contributed by atoms with van der Waals surface area (Å²) in [5, 5.41) is 0. The predicted molar refractivity (Wildman–Crippen MR) is 56.2 cm³/mol. The maximum Gasteiger partial charge on any atom is 0.0990 e. The second kappa shape index (κ2) is 4.12. The standard InChI is InChI=1S/C11H20N2/c1-13-9-5-8-11(13)12-10-6-3-2-4-7-10/h10H,2-9H2,1H3/b12-11+. The van der Waals surface area contributed by atoms with Crippen LogP contribution in [0, 0.1) is 0 Å². The zero-order valence-electron chi connectivity index (χ0n) is 8.63. The van der Waals surface area contributed by atoms with Crippen LogP contribution < -0.4 is 0 Å². The van der Waals surface area contributed by atoms with Gasteiger partial charge in [0, 0.05) is 20.0 Å². The van der Waals surface area contributed by atoms with Crippen molar-refractivity contribution in [3.63, 3.8) is 0 Å². The zero-order chi connectivity index (χ0) is 9.10. The van der Waals surface area contributed by atoms with E-state index in [9.17, 15) is 0 Å². The highest BCUT2D eigenvalue weighted by Crippen LogP contribution is 2.22. The summed E-state index contributed by atoms with van der Waals surface area (Å²) in [7, 11) is 2.18. The molecule has 0 aromatic carbocycles. The quantitative estimate of drug-likeness (QED) is 0.605. The SMILES string of the molecule is CN1CCC/C1=N\C1CCCCC1. The molecule has 0 bridgehead atoms. The minimum Gasteiger partial charge on any atom is -0.363 e. The maximum absolute atomic E-state index is 4.86. The van der Waals surface area contributed by atoms with Gasteiger partial charge in [0.25, 0.3) is 0 Å². The molecule has 2 rings (SSSR count). The maximum atomic E-state index is 4.86. The van der Waals surface area contributed by atoms with Gasteiger partial charge in [-0.05, 0) is 19.3 Å². The lowest BCUT2D eigenvalue weighted by atomic mass is 9.96. The van der Waals surface area contributed by atoms with Crippen molar-refractivity contribution in [3.05, 3.63) is 0 Å². The van der Waals surface area contributed by atoms with Crippen molar-refractivity contribution in [3.8, 4) is 0 Å². The molecule has 13 heavy (non-hydrogen) atoms. The Hall–Kier alpha value is -0.530. The number of hydrogen-bond donors (Lipinski definition) is 0. The molecule has 0 amide bonds. The van der Waals surface area contributed by atoms with E-state index >= 15 is 0 Å². The van der Waals surface area contributed by atoms with Crippen LogP contribution in [-0.4, -0.2) is 30.4 Å². The average molecular weight is 180 g/mol. The van der Waals surface area contributed by atoms with Crippen molar-refractivity contribution in [2.75, 3.05) is 13.6 Å². The van der Waals surface area contributed by atoms with Crippen molar-refractivity contribution in [1.29, 1.82) is 0 Å². The van der Waals surface area contributed by atoms with Crippen molar-refractivity contribution >= 4 is 5.84 Å². The smallest absolute Gasteiger partial charge is 0.0990 e. The van der Waals surface area contributed by atoms with Gasteiger partial charge in [-0.2, -0.15) is 0 Å². The molecule has 2 fully saturated rings. The lowest BCUT2D eigenvalue weighted by Gasteiger charge is -2.20. The first-order valence-corrected chi connectivity index (χ1v) is 5.64. The molecule has 2 nitrogen and oxygen atoms in total. The van der Waals surface area contributed by atoms with Gasteiger partial charge in [0.15, 0.2) is 0 Å². The average Bonchev–Trinajstić information content (AvgIpc) is 2.54. The number of rotatable bonds is 1. The second-order valence-electron chi connectivity index (χ2n) is 4.36. The number of amidine groups is 1. The van der Waals surface area contributed by atoms with Crippen LogP contribution in [0.15, 0.2) is 4.99 Å². The molecule has 1 saturated carbocycles. The summed E-state index contributed by atoms with van der Waals surface area (Å²) < 4.78 is 0. The Labute approximate surface area is 81.0 Å². The van der Waals surface area contributed by atoms with Gasteiger partial charge in [0.05, 0.1) is 11.9 Å². The van der Waals surface area contributed by atoms with Crippen LogP contribution in [0.3, 0.4) is 0 Å². The molecule has 0 atom stereocenters. The van der Waals surface area contributed by atoms with Gasteiger partial charge in [0.2, 0.25) is 0 Å². The molecule has 0 radical (unpaired) electrons. The van der Waals surface area contributed by atoms with E-state index in [-0.39, 0.29) is 0 Å². The fourth-order valence-corrected chi connectivity index (χ4v) is 2.38. The van der Waals surface area contributed by atoms with E-state index in [0.29, 0.717) is 6.04 Å². The van der Waals surface area contributed by atoms with E-state index in [1.807, 2.05) is 0 Å². The van der Waals surface area contributed by atoms with Gasteiger partial charge in [-0.15, -0.1) is 0 Å². The molecule has 2 heteroatoms. The Morgan fingerprint density at radius 1 is 1.15 bits per heavy atom. The van der Waals surface area contributed by atoms with Gasteiger partial charge >= 0.3 is 0 Å². The molecular weight excluding hydrogens is 160 g/mol. The summed E-state index contributed by atoms with van der Waals surface area (Å²) in [6, 6.07) is 0.657. The van der Waals surface area contributed by atoms with Crippen molar-refractivity contribution in [2.24, 2.45) is 4.99 Å². The largest absolute Gasteiger partial charge is 0.363 e. The van der Waals surface area contributed by atoms with E-state index in [4.69, 9.17) is 4.99 Å². The van der Waals surface area contributed by atoms with E-state index in [1.165, 1.54) is 57.3 Å². The van der Waals surface area contributed by atoms with Crippen LogP contribution in [0.5, 0.6) is 0 Å². The molecule has 1 heterocycles. The lowest BCUT2D eigenvalue weighted by molar-refractivity contribution is 0.437. The van der Waals surface area contributed by atoms with Crippen molar-refractivity contribution in [1.82, 2.24) is 4.90 Å². The van der Waals surface area contributed by atoms with Crippen molar-refractivity contribution < 1.29 is 0 Å². The summed E-state index contributed by atoms with van der Waals surface area (Å²) >= 11 is 0. The molecule has 0 aromatic heterocycles. The highest BCUT2D eigenvalue weighted by atomic mass is 15.2. The summed E-state index contributed by atoms with van der Waals surface area (Å²) in [5.41, 5.74) is 0. The second-order valence-corrected chi connectivity index (χ2v) is 4.36. The Morgan fingerprint density at radius 3 is 2.54 bits per heavy atom. The highest BCUT2D eigenvalue weighted by molar-refractivity contribution is 5.83. The molecule has 0 N–H and O–H groups in total. The summed E-state index contributed by atoms with van der Waals surface area (Å²) in [5.74, 6) is 1.37. The van der Waals surface area contributed by atoms with E-state index in [0.717, 1.165) is 0 Å². The van der Waals surface area contributed by atoms with Crippen LogP contribution in [0.2, 0.25) is 0 Å². The summed E-state index contributed by atoms with van der Waals surface area (Å²) in [6.45, 7) is 1.21. The Balaban J connectivity index is 1.93. The Morgan fingerprint density at radius 2 is 1.92 bits per heavy atom. The number of likely N-dealkylation sites (tertiary alicyclic amines) is 1. The molecule has 2 aliphatic rings. The zero-order valence-corrected chi connectivity index (χ0v) is 8.63. The summed E-state index contributed by atoms with van der Waals surface area (Å²) in [4.78, 5) is 7.19. The lowest BCUT2D eigenvalue weighted by Crippen LogP contribution is -2.22. The minimum atomic E-state index is 0.657. The third kappa shape index (κ3) is 2.23. The third-order valence-electron chi connectivity index (χ3n) is 3.24. The first kappa shape index (κ1) is 9.04. The van der Waals surface area contributed by atoms with Crippen LogP contribution in [0.4, 0.5) is 0 Å². The highest BCUT2D eigenvalue weighted by Gasteiger charge is 2.17. The van der Waals surface area contributed by atoms with E-state index < -0.39 is 0 Å². The topological polar surface area (TPSA) is 15.6 Å². The van der Waals surface area contributed by atoms with E-state index in [2.05, 4.69) is 11.9 Å². The van der Waals surface area contributed by atoms with Crippen LogP contribution >= 0.6 is 0 Å².